The van der Waals surface area contributed by atoms with E-state index in [2.05, 4.69) is 42.4 Å². The van der Waals surface area contributed by atoms with Crippen LogP contribution in [-0.2, 0) is 9.47 Å². The van der Waals surface area contributed by atoms with Gasteiger partial charge < -0.3 is 20.5 Å². The Morgan fingerprint density at radius 3 is 2.50 bits per heavy atom. The van der Waals surface area contributed by atoms with Crippen molar-refractivity contribution in [3.05, 3.63) is 29.3 Å². The van der Waals surface area contributed by atoms with Crippen LogP contribution in [0, 0.1) is 13.8 Å². The van der Waals surface area contributed by atoms with Crippen molar-refractivity contribution in [2.75, 3.05) is 18.5 Å². The average Bonchev–Trinajstić information content (AvgIpc) is 2.76. The Labute approximate surface area is 144 Å². The molecule has 1 aromatic rings. The Hall–Kier alpha value is -1.59. The van der Waals surface area contributed by atoms with Crippen molar-refractivity contribution < 1.29 is 9.47 Å². The fourth-order valence-electron chi connectivity index (χ4n) is 3.67. The molecule has 0 amide bonds. The van der Waals surface area contributed by atoms with Gasteiger partial charge in [-0.25, -0.2) is 0 Å². The molecule has 1 aliphatic heterocycles. The molecule has 24 heavy (non-hydrogen) atoms. The lowest BCUT2D eigenvalue weighted by molar-refractivity contribution is -0.174. The molecular formula is C19H29N3O2. The van der Waals surface area contributed by atoms with Crippen molar-refractivity contribution in [1.29, 1.82) is 0 Å². The van der Waals surface area contributed by atoms with E-state index in [-0.39, 0.29) is 11.9 Å². The van der Waals surface area contributed by atoms with Gasteiger partial charge in [0.25, 0.3) is 0 Å². The molecule has 1 atom stereocenters. The molecule has 1 unspecified atom stereocenters. The highest BCUT2D eigenvalue weighted by atomic mass is 16.7. The van der Waals surface area contributed by atoms with Gasteiger partial charge in [-0.05, 0) is 49.9 Å². The monoisotopic (exact) mass is 331 g/mol. The van der Waals surface area contributed by atoms with E-state index in [0.717, 1.165) is 18.5 Å². The van der Waals surface area contributed by atoms with Gasteiger partial charge >= 0.3 is 0 Å². The molecule has 1 heterocycles. The third kappa shape index (κ3) is 4.48. The first-order chi connectivity index (χ1) is 11.5. The fraction of sp³-hybridized carbons (Fsp3) is 0.632. The zero-order valence-corrected chi connectivity index (χ0v) is 14.8. The molecule has 2 aliphatic rings. The number of rotatable bonds is 3. The summed E-state index contributed by atoms with van der Waals surface area (Å²) in [6, 6.07) is 6.25. The summed E-state index contributed by atoms with van der Waals surface area (Å²) in [4.78, 5) is 4.44. The molecule has 0 radical (unpaired) electrons. The van der Waals surface area contributed by atoms with Gasteiger partial charge in [0.15, 0.2) is 11.7 Å². The summed E-state index contributed by atoms with van der Waals surface area (Å²) in [6.07, 6.45) is 6.95. The van der Waals surface area contributed by atoms with E-state index in [1.807, 2.05) is 0 Å². The highest BCUT2D eigenvalue weighted by molar-refractivity contribution is 5.92. The van der Waals surface area contributed by atoms with Crippen LogP contribution in [-0.4, -0.2) is 31.0 Å². The van der Waals surface area contributed by atoms with Crippen LogP contribution in [0.2, 0.25) is 0 Å². The third-order valence-corrected chi connectivity index (χ3v) is 4.74. The maximum absolute atomic E-state index is 6.20. The van der Waals surface area contributed by atoms with Gasteiger partial charge in [0.1, 0.15) is 6.10 Å². The largest absolute Gasteiger partial charge is 0.370 e. The molecule has 1 saturated carbocycles. The summed E-state index contributed by atoms with van der Waals surface area (Å²) in [7, 11) is 0. The molecule has 2 fully saturated rings. The van der Waals surface area contributed by atoms with E-state index in [0.29, 0.717) is 19.1 Å². The molecule has 5 nitrogen and oxygen atoms in total. The number of hydrogen-bond acceptors (Lipinski definition) is 3. The standard InChI is InChI=1S/C19H29N3O2/c1-14-9-15(2)11-16(10-14)22-18(20)21-12-17-13-23-19(24-17)7-5-3-4-6-8-19/h9-11,17H,3-8,12-13H2,1-2H3,(H3,20,21,22). The number of nitrogens with two attached hydrogens (primary N) is 1. The minimum absolute atomic E-state index is 0.00250. The molecule has 0 bridgehead atoms. The van der Waals surface area contributed by atoms with Gasteiger partial charge in [-0.1, -0.05) is 18.9 Å². The van der Waals surface area contributed by atoms with Crippen molar-refractivity contribution in [3.63, 3.8) is 0 Å². The molecule has 1 spiro atoms. The Bertz CT molecular complexity index is 572. The van der Waals surface area contributed by atoms with Crippen molar-refractivity contribution in [1.82, 2.24) is 0 Å². The van der Waals surface area contributed by atoms with Crippen LogP contribution >= 0.6 is 0 Å². The second kappa shape index (κ2) is 7.53. The minimum Gasteiger partial charge on any atom is -0.370 e. The molecule has 3 rings (SSSR count). The number of nitrogens with zero attached hydrogens (tertiary/aromatic N) is 1. The molecule has 3 N–H and O–H groups in total. The quantitative estimate of drug-likeness (QED) is 0.657. The van der Waals surface area contributed by atoms with Crippen LogP contribution in [0.5, 0.6) is 0 Å². The molecule has 5 heteroatoms. The minimum atomic E-state index is -0.355. The summed E-state index contributed by atoms with van der Waals surface area (Å²) in [5.41, 5.74) is 9.40. The topological polar surface area (TPSA) is 68.9 Å². The number of aryl methyl sites for hydroxylation is 2. The molecule has 1 saturated heterocycles. The van der Waals surface area contributed by atoms with Crippen LogP contribution in [0.15, 0.2) is 23.2 Å². The number of aliphatic imine (C=N–C) groups is 1. The molecule has 132 valence electrons. The maximum Gasteiger partial charge on any atom is 0.193 e. The lowest BCUT2D eigenvalue weighted by atomic mass is 10.1. The zero-order chi connectivity index (χ0) is 17.0. The van der Waals surface area contributed by atoms with Crippen molar-refractivity contribution in [2.24, 2.45) is 10.7 Å². The van der Waals surface area contributed by atoms with Gasteiger partial charge in [-0.3, -0.25) is 4.99 Å². The summed E-state index contributed by atoms with van der Waals surface area (Å²) in [6.45, 7) is 5.29. The number of nitrogens with one attached hydrogen (secondary N) is 1. The van der Waals surface area contributed by atoms with Crippen LogP contribution in [0.3, 0.4) is 0 Å². The Morgan fingerprint density at radius 1 is 1.17 bits per heavy atom. The van der Waals surface area contributed by atoms with Crippen LogP contribution in [0.25, 0.3) is 0 Å². The Kier molecular flexibility index (Phi) is 5.41. The SMILES string of the molecule is Cc1cc(C)cc(NC(N)=NCC2COC3(CCCCCC3)O2)c1. The second-order valence-electron chi connectivity index (χ2n) is 7.10. The third-order valence-electron chi connectivity index (χ3n) is 4.74. The first kappa shape index (κ1) is 17.2. The van der Waals surface area contributed by atoms with Crippen LogP contribution in [0.1, 0.15) is 49.7 Å². The van der Waals surface area contributed by atoms with Crippen LogP contribution in [0.4, 0.5) is 5.69 Å². The molecular weight excluding hydrogens is 302 g/mol. The number of ether oxygens (including phenoxy) is 2. The van der Waals surface area contributed by atoms with E-state index >= 15 is 0 Å². The van der Waals surface area contributed by atoms with Crippen LogP contribution < -0.4 is 11.1 Å². The number of hydrogen-bond donors (Lipinski definition) is 2. The fourth-order valence-corrected chi connectivity index (χ4v) is 3.67. The Morgan fingerprint density at radius 2 is 1.83 bits per heavy atom. The van der Waals surface area contributed by atoms with Crippen molar-refractivity contribution >= 4 is 11.6 Å². The van der Waals surface area contributed by atoms with Gasteiger partial charge in [-0.2, -0.15) is 0 Å². The van der Waals surface area contributed by atoms with Gasteiger partial charge in [0.05, 0.1) is 13.2 Å². The first-order valence-corrected chi connectivity index (χ1v) is 9.02. The summed E-state index contributed by atoms with van der Waals surface area (Å²) in [5, 5.41) is 3.16. The summed E-state index contributed by atoms with van der Waals surface area (Å²) in [5.74, 6) is 0.0671. The lowest BCUT2D eigenvalue weighted by Crippen LogP contribution is -2.31. The normalized spacial score (nSPS) is 24.1. The Balaban J connectivity index is 1.53. The molecule has 0 aromatic heterocycles. The van der Waals surface area contributed by atoms with Gasteiger partial charge in [0.2, 0.25) is 0 Å². The molecule has 1 aromatic carbocycles. The highest BCUT2D eigenvalue weighted by Crippen LogP contribution is 2.36. The second-order valence-corrected chi connectivity index (χ2v) is 7.10. The maximum atomic E-state index is 6.20. The van der Waals surface area contributed by atoms with E-state index < -0.39 is 0 Å². The number of guanidine groups is 1. The van der Waals surface area contributed by atoms with E-state index in [4.69, 9.17) is 15.2 Å². The summed E-state index contributed by atoms with van der Waals surface area (Å²) >= 11 is 0. The zero-order valence-electron chi connectivity index (χ0n) is 14.8. The number of anilines is 1. The van der Waals surface area contributed by atoms with E-state index in [1.165, 1.54) is 36.8 Å². The number of benzene rings is 1. The predicted molar refractivity (Wildman–Crippen MR) is 97.3 cm³/mol. The van der Waals surface area contributed by atoms with E-state index in [1.54, 1.807) is 0 Å². The predicted octanol–water partition coefficient (Wildman–Crippen LogP) is 3.50. The molecule has 1 aliphatic carbocycles. The van der Waals surface area contributed by atoms with Gasteiger partial charge in [-0.15, -0.1) is 0 Å². The highest BCUT2D eigenvalue weighted by Gasteiger charge is 2.41. The first-order valence-electron chi connectivity index (χ1n) is 9.02. The summed E-state index contributed by atoms with van der Waals surface area (Å²) < 4.78 is 12.2. The van der Waals surface area contributed by atoms with Gasteiger partial charge in [0, 0.05) is 18.5 Å². The van der Waals surface area contributed by atoms with Crippen molar-refractivity contribution in [2.45, 2.75) is 64.3 Å². The smallest absolute Gasteiger partial charge is 0.193 e. The van der Waals surface area contributed by atoms with Crippen molar-refractivity contribution in [3.8, 4) is 0 Å². The average molecular weight is 331 g/mol. The lowest BCUT2D eigenvalue weighted by Gasteiger charge is -2.26. The van der Waals surface area contributed by atoms with E-state index in [9.17, 15) is 0 Å².